The van der Waals surface area contributed by atoms with E-state index < -0.39 is 0 Å². The number of nitrogens with zero attached hydrogens (tertiary/aromatic N) is 4. The normalized spacial score (nSPS) is 13.3. The van der Waals surface area contributed by atoms with Gasteiger partial charge in [-0.25, -0.2) is 5.43 Å². The molecule has 1 aromatic heterocycles. The summed E-state index contributed by atoms with van der Waals surface area (Å²) in [7, 11) is 0. The first-order valence-corrected chi connectivity index (χ1v) is 11.1. The van der Waals surface area contributed by atoms with Gasteiger partial charge in [0.25, 0.3) is 0 Å². The zero-order chi connectivity index (χ0) is 23.6. The lowest BCUT2D eigenvalue weighted by atomic mass is 10.1. The van der Waals surface area contributed by atoms with Crippen molar-refractivity contribution in [2.75, 3.05) is 16.1 Å². The summed E-state index contributed by atoms with van der Waals surface area (Å²) in [5.74, 6) is 0.717. The number of hydrogen-bond donors (Lipinski definition) is 3. The van der Waals surface area contributed by atoms with Gasteiger partial charge in [-0.15, -0.1) is 0 Å². The zero-order valence-electron chi connectivity index (χ0n) is 18.4. The van der Waals surface area contributed by atoms with E-state index in [1.54, 1.807) is 0 Å². The standard InChI is InChI=1S/C27H19N7O/c35-24-21-16-8-10-17-9-7-15-20(22(17)21)23(24)33-34-27-31-25(28-18-11-3-1-4-12-18)30-26(32-27)29-19-13-5-2-6-14-19/h1-16H,(H3,28,29,30,31,32,34)/b33-23-. The summed E-state index contributed by atoms with van der Waals surface area (Å²) in [5, 5.41) is 12.7. The molecule has 35 heavy (non-hydrogen) atoms. The average molecular weight is 457 g/mol. The number of para-hydroxylation sites is 2. The number of rotatable bonds is 6. The molecule has 0 fully saturated rings. The SMILES string of the molecule is O=C1/C(=N\Nc2nc(Nc3ccccc3)nc(Nc3ccccc3)n2)c2cccc3cccc1c23. The molecular weight excluding hydrogens is 438 g/mol. The van der Waals surface area contributed by atoms with Crippen molar-refractivity contribution in [3.05, 3.63) is 108 Å². The van der Waals surface area contributed by atoms with Gasteiger partial charge in [0, 0.05) is 27.9 Å². The minimum atomic E-state index is -0.136. The highest BCUT2D eigenvalue weighted by atomic mass is 16.1. The molecule has 3 N–H and O–H groups in total. The molecule has 1 aliphatic carbocycles. The molecule has 0 amide bonds. The van der Waals surface area contributed by atoms with E-state index in [2.05, 4.69) is 36.1 Å². The minimum absolute atomic E-state index is 0.136. The second-order valence-electron chi connectivity index (χ2n) is 7.90. The number of anilines is 5. The van der Waals surface area contributed by atoms with E-state index in [-0.39, 0.29) is 11.7 Å². The molecule has 4 aromatic carbocycles. The van der Waals surface area contributed by atoms with E-state index in [0.717, 1.165) is 27.7 Å². The number of carbonyl (C=O) groups excluding carboxylic acids is 1. The average Bonchev–Trinajstić information content (AvgIpc) is 3.16. The molecule has 6 rings (SSSR count). The molecule has 0 spiro atoms. The van der Waals surface area contributed by atoms with Crippen LogP contribution in [0.1, 0.15) is 15.9 Å². The second-order valence-corrected chi connectivity index (χ2v) is 7.90. The number of hydrogen-bond acceptors (Lipinski definition) is 8. The van der Waals surface area contributed by atoms with Crippen molar-refractivity contribution in [2.24, 2.45) is 5.10 Å². The molecule has 0 bridgehead atoms. The maximum atomic E-state index is 13.1. The van der Waals surface area contributed by atoms with Gasteiger partial charge in [-0.2, -0.15) is 20.1 Å². The van der Waals surface area contributed by atoms with Gasteiger partial charge >= 0.3 is 0 Å². The van der Waals surface area contributed by atoms with Crippen LogP contribution >= 0.6 is 0 Å². The van der Waals surface area contributed by atoms with Crippen LogP contribution in [0.2, 0.25) is 0 Å². The van der Waals surface area contributed by atoms with Crippen LogP contribution in [0.3, 0.4) is 0 Å². The Morgan fingerprint density at radius 1 is 0.571 bits per heavy atom. The van der Waals surface area contributed by atoms with Crippen LogP contribution < -0.4 is 16.1 Å². The highest BCUT2D eigenvalue weighted by molar-refractivity contribution is 6.59. The van der Waals surface area contributed by atoms with Crippen molar-refractivity contribution in [3.8, 4) is 0 Å². The van der Waals surface area contributed by atoms with Crippen molar-refractivity contribution in [1.82, 2.24) is 15.0 Å². The summed E-state index contributed by atoms with van der Waals surface area (Å²) < 4.78 is 0. The lowest BCUT2D eigenvalue weighted by molar-refractivity contribution is 0.107. The Balaban J connectivity index is 1.35. The van der Waals surface area contributed by atoms with Crippen LogP contribution in [0.25, 0.3) is 10.8 Å². The lowest BCUT2D eigenvalue weighted by Crippen LogP contribution is -2.13. The van der Waals surface area contributed by atoms with Crippen LogP contribution in [0, 0.1) is 0 Å². The molecule has 168 valence electrons. The minimum Gasteiger partial charge on any atom is -0.324 e. The number of nitrogens with one attached hydrogen (secondary N) is 3. The number of ketones is 1. The molecule has 0 saturated heterocycles. The van der Waals surface area contributed by atoms with Gasteiger partial charge < -0.3 is 10.6 Å². The Bertz CT molecular complexity index is 1520. The molecule has 0 saturated carbocycles. The third-order valence-corrected chi connectivity index (χ3v) is 5.58. The Labute approximate surface area is 200 Å². The molecule has 8 nitrogen and oxygen atoms in total. The van der Waals surface area contributed by atoms with Gasteiger partial charge in [-0.3, -0.25) is 4.79 Å². The first-order valence-electron chi connectivity index (χ1n) is 11.1. The van der Waals surface area contributed by atoms with E-state index >= 15 is 0 Å². The monoisotopic (exact) mass is 457 g/mol. The number of carbonyl (C=O) groups is 1. The first-order chi connectivity index (χ1) is 17.2. The molecule has 0 unspecified atom stereocenters. The summed E-state index contributed by atoms with van der Waals surface area (Å²) in [4.78, 5) is 26.5. The van der Waals surface area contributed by atoms with Gasteiger partial charge in [0.2, 0.25) is 23.6 Å². The van der Waals surface area contributed by atoms with Crippen LogP contribution in [0.15, 0.2) is 102 Å². The van der Waals surface area contributed by atoms with Crippen molar-refractivity contribution < 1.29 is 4.79 Å². The highest BCUT2D eigenvalue weighted by Crippen LogP contribution is 2.31. The largest absolute Gasteiger partial charge is 0.324 e. The Morgan fingerprint density at radius 2 is 1.11 bits per heavy atom. The summed E-state index contributed by atoms with van der Waals surface area (Å²) >= 11 is 0. The van der Waals surface area contributed by atoms with Gasteiger partial charge in [-0.1, -0.05) is 72.8 Å². The Kier molecular flexibility index (Phi) is 5.08. The fourth-order valence-electron chi connectivity index (χ4n) is 4.03. The molecule has 5 aromatic rings. The van der Waals surface area contributed by atoms with Gasteiger partial charge in [-0.05, 0) is 29.7 Å². The summed E-state index contributed by atoms with van der Waals surface area (Å²) in [6, 6.07) is 30.7. The van der Waals surface area contributed by atoms with Crippen LogP contribution in [-0.4, -0.2) is 26.4 Å². The topological polar surface area (TPSA) is 104 Å². The predicted molar refractivity (Wildman–Crippen MR) is 138 cm³/mol. The maximum Gasteiger partial charge on any atom is 0.250 e. The van der Waals surface area contributed by atoms with Gasteiger partial charge in [0.15, 0.2) is 0 Å². The predicted octanol–water partition coefficient (Wildman–Crippen LogP) is 5.52. The van der Waals surface area contributed by atoms with E-state index in [4.69, 9.17) is 0 Å². The number of Topliss-reactive ketones (excluding diaryl/α,β-unsaturated/α-hetero) is 1. The third-order valence-electron chi connectivity index (χ3n) is 5.58. The van der Waals surface area contributed by atoms with Crippen LogP contribution in [0.5, 0.6) is 0 Å². The van der Waals surface area contributed by atoms with Crippen LogP contribution in [-0.2, 0) is 0 Å². The highest BCUT2D eigenvalue weighted by Gasteiger charge is 2.28. The van der Waals surface area contributed by atoms with E-state index in [1.165, 1.54) is 0 Å². The first kappa shape index (κ1) is 20.5. The molecule has 1 heterocycles. The quantitative estimate of drug-likeness (QED) is 0.288. The van der Waals surface area contributed by atoms with Crippen molar-refractivity contribution in [3.63, 3.8) is 0 Å². The lowest BCUT2D eigenvalue weighted by Gasteiger charge is -2.10. The maximum absolute atomic E-state index is 13.1. The smallest absolute Gasteiger partial charge is 0.250 e. The van der Waals surface area contributed by atoms with Crippen molar-refractivity contribution >= 4 is 51.5 Å². The molecule has 0 atom stereocenters. The fourth-order valence-corrected chi connectivity index (χ4v) is 4.03. The summed E-state index contributed by atoms with van der Waals surface area (Å²) in [6.45, 7) is 0. The molecule has 0 aliphatic heterocycles. The Hall–Kier alpha value is -5.11. The fraction of sp³-hybridized carbons (Fsp3) is 0. The van der Waals surface area contributed by atoms with E-state index in [9.17, 15) is 4.79 Å². The van der Waals surface area contributed by atoms with Crippen molar-refractivity contribution in [1.29, 1.82) is 0 Å². The number of aromatic nitrogens is 3. The van der Waals surface area contributed by atoms with Gasteiger partial charge in [0.1, 0.15) is 5.71 Å². The molecular formula is C27H19N7O. The summed E-state index contributed by atoms with van der Waals surface area (Å²) in [5.41, 5.74) is 6.29. The van der Waals surface area contributed by atoms with E-state index in [0.29, 0.717) is 23.2 Å². The van der Waals surface area contributed by atoms with Crippen LogP contribution in [0.4, 0.5) is 29.2 Å². The molecule has 8 heteroatoms. The van der Waals surface area contributed by atoms with E-state index in [1.807, 2.05) is 97.1 Å². The molecule has 0 radical (unpaired) electrons. The number of benzene rings is 4. The zero-order valence-corrected chi connectivity index (χ0v) is 18.4. The summed E-state index contributed by atoms with van der Waals surface area (Å²) in [6.07, 6.45) is 0. The number of hydrazone groups is 1. The molecule has 1 aliphatic rings. The van der Waals surface area contributed by atoms with Gasteiger partial charge in [0.05, 0.1) is 0 Å². The second kappa shape index (κ2) is 8.68. The Morgan fingerprint density at radius 3 is 1.71 bits per heavy atom. The van der Waals surface area contributed by atoms with Crippen molar-refractivity contribution in [2.45, 2.75) is 0 Å². The third kappa shape index (κ3) is 4.04.